The van der Waals surface area contributed by atoms with Crippen molar-refractivity contribution in [2.24, 2.45) is 0 Å². The van der Waals surface area contributed by atoms with E-state index in [1.54, 1.807) is 0 Å². The number of fused-ring (bicyclic) bond motifs is 1. The number of carbonyl (C=O) groups excluding carboxylic acids is 1. The molecular weight excluding hydrogens is 254 g/mol. The topological polar surface area (TPSA) is 38.8 Å². The van der Waals surface area contributed by atoms with Crippen LogP contribution in [0.5, 0.6) is 11.5 Å². The number of hydrogen-bond acceptors (Lipinski definition) is 3. The number of carbonyl (C=O) groups is 1. The predicted molar refractivity (Wildman–Crippen MR) is 78.0 cm³/mol. The number of ether oxygens (including phenoxy) is 2. The smallest absolute Gasteiger partial charge is 0.238 e. The van der Waals surface area contributed by atoms with Crippen molar-refractivity contribution < 1.29 is 14.3 Å². The molecule has 0 N–H and O–H groups in total. The van der Waals surface area contributed by atoms with Gasteiger partial charge in [0, 0.05) is 26.9 Å². The summed E-state index contributed by atoms with van der Waals surface area (Å²) in [4.78, 5) is 13.8. The summed E-state index contributed by atoms with van der Waals surface area (Å²) in [6.07, 6.45) is 3.22. The van der Waals surface area contributed by atoms with Gasteiger partial charge in [0.1, 0.15) is 0 Å². The van der Waals surface area contributed by atoms with Crippen molar-refractivity contribution in [3.63, 3.8) is 0 Å². The Morgan fingerprint density at radius 1 is 1.30 bits per heavy atom. The summed E-state index contributed by atoms with van der Waals surface area (Å²) in [6, 6.07) is 5.89. The molecule has 2 rings (SSSR count). The molecule has 1 heterocycles. The van der Waals surface area contributed by atoms with Gasteiger partial charge in [-0.3, -0.25) is 4.79 Å². The quantitative estimate of drug-likeness (QED) is 0.802. The van der Waals surface area contributed by atoms with Gasteiger partial charge in [0.25, 0.3) is 0 Å². The number of benzene rings is 1. The largest absolute Gasteiger partial charge is 0.451 e. The van der Waals surface area contributed by atoms with Gasteiger partial charge in [-0.15, -0.1) is 0 Å². The van der Waals surface area contributed by atoms with Crippen molar-refractivity contribution in [2.45, 2.75) is 45.8 Å². The van der Waals surface area contributed by atoms with E-state index in [2.05, 4.69) is 6.92 Å². The normalized spacial score (nSPS) is 16.2. The predicted octanol–water partition coefficient (Wildman–Crippen LogP) is 2.99. The van der Waals surface area contributed by atoms with Crippen LogP contribution >= 0.6 is 0 Å². The molecule has 0 aromatic heterocycles. The lowest BCUT2D eigenvalue weighted by Gasteiger charge is -2.16. The minimum atomic E-state index is -0.220. The van der Waals surface area contributed by atoms with Crippen LogP contribution < -0.4 is 9.47 Å². The first-order valence-electron chi connectivity index (χ1n) is 7.30. The second kappa shape index (κ2) is 6.64. The molecule has 0 bridgehead atoms. The molecule has 1 aliphatic rings. The zero-order chi connectivity index (χ0) is 14.5. The third kappa shape index (κ3) is 3.65. The molecule has 1 aliphatic heterocycles. The molecule has 1 atom stereocenters. The average Bonchev–Trinajstić information content (AvgIpc) is 2.81. The van der Waals surface area contributed by atoms with E-state index >= 15 is 0 Å². The standard InChI is InChI=1S/C16H23NO3/c1-4-5-10-17(3)16(18)9-7-13-6-8-14-15(11-13)20-12(2)19-14/h6,8,11-12H,4-5,7,9-10H2,1-3H3. The third-order valence-corrected chi connectivity index (χ3v) is 3.49. The average molecular weight is 277 g/mol. The van der Waals surface area contributed by atoms with Gasteiger partial charge < -0.3 is 14.4 Å². The summed E-state index contributed by atoms with van der Waals surface area (Å²) in [5, 5.41) is 0. The minimum absolute atomic E-state index is 0.199. The van der Waals surface area contributed by atoms with Crippen LogP contribution in [0.4, 0.5) is 0 Å². The van der Waals surface area contributed by atoms with Gasteiger partial charge >= 0.3 is 0 Å². The number of amides is 1. The van der Waals surface area contributed by atoms with Gasteiger partial charge in [0.05, 0.1) is 0 Å². The van der Waals surface area contributed by atoms with Crippen molar-refractivity contribution in [1.82, 2.24) is 4.90 Å². The van der Waals surface area contributed by atoms with Crippen molar-refractivity contribution in [3.8, 4) is 11.5 Å². The molecular formula is C16H23NO3. The number of rotatable bonds is 6. The number of hydrogen-bond donors (Lipinski definition) is 0. The SMILES string of the molecule is CCCCN(C)C(=O)CCc1ccc2c(c1)OC(C)O2. The molecule has 1 unspecified atom stereocenters. The van der Waals surface area contributed by atoms with Crippen LogP contribution in [-0.4, -0.2) is 30.7 Å². The van der Waals surface area contributed by atoms with Gasteiger partial charge in [-0.25, -0.2) is 0 Å². The molecule has 4 heteroatoms. The first kappa shape index (κ1) is 14.7. The fourth-order valence-electron chi connectivity index (χ4n) is 2.24. The van der Waals surface area contributed by atoms with Crippen LogP contribution in [-0.2, 0) is 11.2 Å². The summed E-state index contributed by atoms with van der Waals surface area (Å²) in [6.45, 7) is 4.84. The van der Waals surface area contributed by atoms with Crippen molar-refractivity contribution in [2.75, 3.05) is 13.6 Å². The second-order valence-corrected chi connectivity index (χ2v) is 5.25. The van der Waals surface area contributed by atoms with E-state index in [9.17, 15) is 4.79 Å². The van der Waals surface area contributed by atoms with Crippen molar-refractivity contribution in [3.05, 3.63) is 23.8 Å². The van der Waals surface area contributed by atoms with E-state index in [4.69, 9.17) is 9.47 Å². The Morgan fingerprint density at radius 2 is 2.05 bits per heavy atom. The summed E-state index contributed by atoms with van der Waals surface area (Å²) in [7, 11) is 1.87. The van der Waals surface area contributed by atoms with Crippen LogP contribution in [0.2, 0.25) is 0 Å². The van der Waals surface area contributed by atoms with Crippen LogP contribution in [0.1, 0.15) is 38.7 Å². The van der Waals surface area contributed by atoms with Gasteiger partial charge in [-0.1, -0.05) is 19.4 Å². The van der Waals surface area contributed by atoms with Gasteiger partial charge in [-0.2, -0.15) is 0 Å². The zero-order valence-electron chi connectivity index (χ0n) is 12.5. The minimum Gasteiger partial charge on any atom is -0.451 e. The lowest BCUT2D eigenvalue weighted by Crippen LogP contribution is -2.27. The van der Waals surface area contributed by atoms with Gasteiger partial charge in [0.2, 0.25) is 12.2 Å². The molecule has 0 fully saturated rings. The molecule has 1 aromatic carbocycles. The number of unbranched alkanes of at least 4 members (excludes halogenated alkanes) is 1. The Morgan fingerprint density at radius 3 is 2.80 bits per heavy atom. The van der Waals surface area contributed by atoms with E-state index in [-0.39, 0.29) is 12.2 Å². The lowest BCUT2D eigenvalue weighted by molar-refractivity contribution is -0.129. The molecule has 1 aromatic rings. The van der Waals surface area contributed by atoms with E-state index in [1.807, 2.05) is 37.1 Å². The van der Waals surface area contributed by atoms with Crippen molar-refractivity contribution >= 4 is 5.91 Å². The first-order chi connectivity index (χ1) is 9.60. The van der Waals surface area contributed by atoms with E-state index in [0.29, 0.717) is 6.42 Å². The molecule has 1 amide bonds. The van der Waals surface area contributed by atoms with Crippen molar-refractivity contribution in [1.29, 1.82) is 0 Å². The van der Waals surface area contributed by atoms with E-state index < -0.39 is 0 Å². The van der Waals surface area contributed by atoms with Crippen LogP contribution in [0.3, 0.4) is 0 Å². The van der Waals surface area contributed by atoms with Crippen LogP contribution in [0.25, 0.3) is 0 Å². The van der Waals surface area contributed by atoms with Gasteiger partial charge in [0.15, 0.2) is 11.5 Å². The van der Waals surface area contributed by atoms with Gasteiger partial charge in [-0.05, 0) is 30.5 Å². The molecule has 0 spiro atoms. The zero-order valence-corrected chi connectivity index (χ0v) is 12.5. The summed E-state index contributed by atoms with van der Waals surface area (Å²) < 4.78 is 11.0. The Labute approximate surface area is 120 Å². The Kier molecular flexibility index (Phi) is 4.88. The van der Waals surface area contributed by atoms with E-state index in [0.717, 1.165) is 42.9 Å². The maximum Gasteiger partial charge on any atom is 0.238 e. The third-order valence-electron chi connectivity index (χ3n) is 3.49. The highest BCUT2D eigenvalue weighted by molar-refractivity contribution is 5.76. The lowest BCUT2D eigenvalue weighted by atomic mass is 10.1. The molecule has 0 saturated heterocycles. The Balaban J connectivity index is 1.85. The first-order valence-corrected chi connectivity index (χ1v) is 7.30. The Hall–Kier alpha value is -1.71. The molecule has 0 radical (unpaired) electrons. The molecule has 4 nitrogen and oxygen atoms in total. The highest BCUT2D eigenvalue weighted by atomic mass is 16.7. The van der Waals surface area contributed by atoms with Crippen LogP contribution in [0.15, 0.2) is 18.2 Å². The highest BCUT2D eigenvalue weighted by Crippen LogP contribution is 2.35. The summed E-state index contributed by atoms with van der Waals surface area (Å²) in [5.41, 5.74) is 1.11. The maximum absolute atomic E-state index is 12.0. The molecule has 0 saturated carbocycles. The highest BCUT2D eigenvalue weighted by Gasteiger charge is 2.20. The summed E-state index contributed by atoms with van der Waals surface area (Å²) in [5.74, 6) is 1.76. The summed E-state index contributed by atoms with van der Waals surface area (Å²) >= 11 is 0. The fraction of sp³-hybridized carbons (Fsp3) is 0.562. The fourth-order valence-corrected chi connectivity index (χ4v) is 2.24. The maximum atomic E-state index is 12.0. The Bertz CT molecular complexity index is 473. The molecule has 0 aliphatic carbocycles. The van der Waals surface area contributed by atoms with Crippen LogP contribution in [0, 0.1) is 0 Å². The number of nitrogens with zero attached hydrogens (tertiary/aromatic N) is 1. The monoisotopic (exact) mass is 277 g/mol. The number of aryl methyl sites for hydroxylation is 1. The van der Waals surface area contributed by atoms with E-state index in [1.165, 1.54) is 0 Å². The second-order valence-electron chi connectivity index (χ2n) is 5.25. The molecule has 20 heavy (non-hydrogen) atoms. The molecule has 110 valence electrons.